The molecule has 150 valence electrons. The van der Waals surface area contributed by atoms with Crippen LogP contribution in [0, 0.1) is 5.92 Å². The largest absolute Gasteiger partial charge is 0.273 e. The number of hydroxylamine groups is 1. The predicted octanol–water partition coefficient (Wildman–Crippen LogP) is 5.15. The predicted molar refractivity (Wildman–Crippen MR) is 118 cm³/mol. The molecule has 2 saturated heterocycles. The number of anilines is 2. The summed E-state index contributed by atoms with van der Waals surface area (Å²) in [6, 6.07) is 23.4. The first-order valence-corrected chi connectivity index (χ1v) is 10.6. The number of hydrogen-bond donors (Lipinski definition) is 0. The van der Waals surface area contributed by atoms with Crippen LogP contribution in [0.1, 0.15) is 11.6 Å². The van der Waals surface area contributed by atoms with Crippen molar-refractivity contribution < 1.29 is 14.4 Å². The zero-order chi connectivity index (χ0) is 20.8. The SMILES string of the molecule is O=C1[C@H]2[C@@H](ON(c3ccccc3)[C@H]2c2ccc(Cl)cc2)C(=O)N1c1ccc(Br)cc1. The Morgan fingerprint density at radius 2 is 1.47 bits per heavy atom. The molecule has 0 aliphatic carbocycles. The molecule has 0 bridgehead atoms. The van der Waals surface area contributed by atoms with Gasteiger partial charge in [-0.2, -0.15) is 0 Å². The van der Waals surface area contributed by atoms with Crippen LogP contribution in [0.15, 0.2) is 83.3 Å². The molecule has 30 heavy (non-hydrogen) atoms. The van der Waals surface area contributed by atoms with E-state index in [4.69, 9.17) is 16.4 Å². The Hall–Kier alpha value is -2.67. The molecule has 3 atom stereocenters. The molecule has 2 heterocycles. The fraction of sp³-hybridized carbons (Fsp3) is 0.130. The van der Waals surface area contributed by atoms with E-state index in [9.17, 15) is 9.59 Å². The first-order chi connectivity index (χ1) is 14.5. The number of nitrogens with zero attached hydrogens (tertiary/aromatic N) is 2. The number of hydrogen-bond acceptors (Lipinski definition) is 4. The number of fused-ring (bicyclic) bond motifs is 1. The van der Waals surface area contributed by atoms with E-state index in [1.165, 1.54) is 4.90 Å². The van der Waals surface area contributed by atoms with Crippen molar-refractivity contribution in [2.45, 2.75) is 12.1 Å². The third kappa shape index (κ3) is 3.12. The standard InChI is InChI=1S/C23H16BrClN2O3/c24-15-8-12-17(13-9-15)26-22(28)19-20(14-6-10-16(25)11-7-14)27(30-21(19)23(26)29)18-4-2-1-3-5-18/h1-13,19-21H/t19-,20+,21-/m1/s1. The lowest BCUT2D eigenvalue weighted by Gasteiger charge is -2.28. The maximum absolute atomic E-state index is 13.5. The molecule has 0 aromatic heterocycles. The molecule has 7 heteroatoms. The third-order valence-corrected chi connectivity index (χ3v) is 6.20. The number of benzene rings is 3. The highest BCUT2D eigenvalue weighted by Gasteiger charge is 2.60. The Balaban J connectivity index is 1.58. The molecule has 2 aliphatic heterocycles. The highest BCUT2D eigenvalue weighted by Crippen LogP contribution is 2.47. The summed E-state index contributed by atoms with van der Waals surface area (Å²) in [4.78, 5) is 34.0. The summed E-state index contributed by atoms with van der Waals surface area (Å²) >= 11 is 9.45. The molecule has 0 saturated carbocycles. The van der Waals surface area contributed by atoms with Gasteiger partial charge in [0, 0.05) is 9.50 Å². The Morgan fingerprint density at radius 1 is 0.800 bits per heavy atom. The lowest BCUT2D eigenvalue weighted by atomic mass is 9.90. The van der Waals surface area contributed by atoms with E-state index < -0.39 is 18.1 Å². The van der Waals surface area contributed by atoms with E-state index in [0.29, 0.717) is 10.7 Å². The van der Waals surface area contributed by atoms with Gasteiger partial charge in [0.1, 0.15) is 5.92 Å². The van der Waals surface area contributed by atoms with E-state index in [2.05, 4.69) is 15.9 Å². The summed E-state index contributed by atoms with van der Waals surface area (Å²) in [5, 5.41) is 2.28. The second kappa shape index (κ2) is 7.54. The fourth-order valence-electron chi connectivity index (χ4n) is 4.06. The molecule has 0 spiro atoms. The van der Waals surface area contributed by atoms with Crippen LogP contribution in [0.3, 0.4) is 0 Å². The van der Waals surface area contributed by atoms with Crippen molar-refractivity contribution in [3.05, 3.63) is 93.9 Å². The van der Waals surface area contributed by atoms with Crippen molar-refractivity contribution in [3.8, 4) is 0 Å². The number of carbonyl (C=O) groups is 2. The number of halogens is 2. The van der Waals surface area contributed by atoms with Crippen molar-refractivity contribution in [2.24, 2.45) is 5.92 Å². The highest BCUT2D eigenvalue weighted by atomic mass is 79.9. The number of para-hydroxylation sites is 1. The molecule has 2 fully saturated rings. The molecule has 5 nitrogen and oxygen atoms in total. The van der Waals surface area contributed by atoms with E-state index in [-0.39, 0.29) is 11.8 Å². The molecule has 0 radical (unpaired) electrons. The van der Waals surface area contributed by atoms with Crippen LogP contribution in [0.25, 0.3) is 0 Å². The Kier molecular flexibility index (Phi) is 4.85. The summed E-state index contributed by atoms with van der Waals surface area (Å²) in [7, 11) is 0. The number of amides is 2. The Bertz CT molecular complexity index is 1110. The molecule has 3 aromatic carbocycles. The lowest BCUT2D eigenvalue weighted by molar-refractivity contribution is -0.126. The van der Waals surface area contributed by atoms with Gasteiger partial charge in [-0.3, -0.25) is 14.4 Å². The minimum Gasteiger partial charge on any atom is -0.273 e. The van der Waals surface area contributed by atoms with Crippen LogP contribution < -0.4 is 9.96 Å². The van der Waals surface area contributed by atoms with Crippen LogP contribution in [0.2, 0.25) is 5.02 Å². The number of imide groups is 1. The van der Waals surface area contributed by atoms with Crippen LogP contribution in [0.4, 0.5) is 11.4 Å². The monoisotopic (exact) mass is 482 g/mol. The lowest BCUT2D eigenvalue weighted by Crippen LogP contribution is -2.37. The van der Waals surface area contributed by atoms with Gasteiger partial charge in [-0.15, -0.1) is 0 Å². The van der Waals surface area contributed by atoms with Crippen LogP contribution in [-0.4, -0.2) is 17.9 Å². The maximum Gasteiger partial charge on any atom is 0.266 e. The molecule has 0 unspecified atom stereocenters. The summed E-state index contributed by atoms with van der Waals surface area (Å²) in [6.45, 7) is 0. The quantitative estimate of drug-likeness (QED) is 0.483. The molecule has 2 aliphatic rings. The van der Waals surface area contributed by atoms with Gasteiger partial charge in [0.05, 0.1) is 17.4 Å². The van der Waals surface area contributed by atoms with E-state index in [1.807, 2.05) is 42.5 Å². The highest BCUT2D eigenvalue weighted by molar-refractivity contribution is 9.10. The van der Waals surface area contributed by atoms with Crippen LogP contribution in [0.5, 0.6) is 0 Å². The Labute approximate surface area is 186 Å². The fourth-order valence-corrected chi connectivity index (χ4v) is 4.45. The molecule has 0 N–H and O–H groups in total. The van der Waals surface area contributed by atoms with E-state index in [1.54, 1.807) is 41.5 Å². The minimum absolute atomic E-state index is 0.272. The second-order valence-corrected chi connectivity index (χ2v) is 8.55. The van der Waals surface area contributed by atoms with Crippen molar-refractivity contribution >= 4 is 50.7 Å². The average Bonchev–Trinajstić information content (AvgIpc) is 3.27. The first-order valence-electron chi connectivity index (χ1n) is 9.44. The van der Waals surface area contributed by atoms with Gasteiger partial charge in [-0.1, -0.05) is 57.9 Å². The zero-order valence-electron chi connectivity index (χ0n) is 15.6. The normalized spacial score (nSPS) is 23.2. The van der Waals surface area contributed by atoms with Crippen LogP contribution in [-0.2, 0) is 14.4 Å². The molecule has 5 rings (SSSR count). The van der Waals surface area contributed by atoms with Gasteiger partial charge < -0.3 is 0 Å². The van der Waals surface area contributed by atoms with Crippen LogP contribution >= 0.6 is 27.5 Å². The zero-order valence-corrected chi connectivity index (χ0v) is 18.0. The summed E-state index contributed by atoms with van der Waals surface area (Å²) in [5.74, 6) is -1.29. The van der Waals surface area contributed by atoms with Gasteiger partial charge in [-0.25, -0.2) is 9.96 Å². The molecular weight excluding hydrogens is 468 g/mol. The van der Waals surface area contributed by atoms with Crippen molar-refractivity contribution in [2.75, 3.05) is 9.96 Å². The maximum atomic E-state index is 13.5. The number of rotatable bonds is 3. The van der Waals surface area contributed by atoms with Crippen molar-refractivity contribution in [3.63, 3.8) is 0 Å². The summed E-state index contributed by atoms with van der Waals surface area (Å²) in [5.41, 5.74) is 2.17. The summed E-state index contributed by atoms with van der Waals surface area (Å²) < 4.78 is 0.871. The van der Waals surface area contributed by atoms with E-state index in [0.717, 1.165) is 15.7 Å². The van der Waals surface area contributed by atoms with E-state index >= 15 is 0 Å². The minimum atomic E-state index is -0.887. The van der Waals surface area contributed by atoms with Gasteiger partial charge in [0.2, 0.25) is 5.91 Å². The first kappa shape index (κ1) is 19.3. The third-order valence-electron chi connectivity index (χ3n) is 5.42. The molecule has 2 amide bonds. The van der Waals surface area contributed by atoms with Gasteiger partial charge in [0.15, 0.2) is 6.10 Å². The average molecular weight is 484 g/mol. The summed E-state index contributed by atoms with van der Waals surface area (Å²) in [6.07, 6.45) is -0.887. The topological polar surface area (TPSA) is 49.9 Å². The molecule has 3 aromatic rings. The van der Waals surface area contributed by atoms with Gasteiger partial charge >= 0.3 is 0 Å². The smallest absolute Gasteiger partial charge is 0.266 e. The Morgan fingerprint density at radius 3 is 2.13 bits per heavy atom. The van der Waals surface area contributed by atoms with Crippen molar-refractivity contribution in [1.29, 1.82) is 0 Å². The van der Waals surface area contributed by atoms with Crippen molar-refractivity contribution in [1.82, 2.24) is 0 Å². The second-order valence-electron chi connectivity index (χ2n) is 7.20. The van der Waals surface area contributed by atoms with Gasteiger partial charge in [-0.05, 0) is 54.1 Å². The number of carbonyl (C=O) groups excluding carboxylic acids is 2. The van der Waals surface area contributed by atoms with Gasteiger partial charge in [0.25, 0.3) is 5.91 Å². The molecular formula is C23H16BrClN2O3.